The smallest absolute Gasteiger partial charge is 0.307 e. The topological polar surface area (TPSA) is 69.6 Å². The molecule has 0 aliphatic carbocycles. The van der Waals surface area contributed by atoms with Gasteiger partial charge in [0.2, 0.25) is 5.91 Å². The first kappa shape index (κ1) is 15.2. The Balaban J connectivity index is 2.65. The van der Waals surface area contributed by atoms with E-state index in [1.54, 1.807) is 0 Å². The third-order valence-electron chi connectivity index (χ3n) is 2.69. The van der Waals surface area contributed by atoms with Gasteiger partial charge in [0.25, 0.3) is 0 Å². The Morgan fingerprint density at radius 3 is 2.47 bits per heavy atom. The van der Waals surface area contributed by atoms with Gasteiger partial charge in [-0.25, -0.2) is 0 Å². The molecule has 0 spiro atoms. The average molecular weight is 264 g/mol. The molecule has 0 atom stereocenters. The minimum atomic E-state index is -0.848. The number of nitrogens with zero attached hydrogens (tertiary/aromatic N) is 1. The van der Waals surface area contributed by atoms with E-state index in [0.717, 1.165) is 11.1 Å². The number of hydrogen-bond acceptors (Lipinski definition) is 3. The Bertz CT molecular complexity index is 446. The van der Waals surface area contributed by atoms with Crippen LogP contribution in [-0.4, -0.2) is 42.0 Å². The van der Waals surface area contributed by atoms with Gasteiger partial charge < -0.3 is 10.4 Å². The molecule has 2 N–H and O–H groups in total. The second kappa shape index (κ2) is 7.53. The third kappa shape index (κ3) is 5.52. The highest BCUT2D eigenvalue weighted by molar-refractivity contribution is 5.77. The maximum absolute atomic E-state index is 11.5. The molecule has 0 heterocycles. The Kier molecular flexibility index (Phi) is 6.02. The predicted octanol–water partition coefficient (Wildman–Crippen LogP) is 0.882. The summed E-state index contributed by atoms with van der Waals surface area (Å²) < 4.78 is 0. The molecule has 0 bridgehead atoms. The van der Waals surface area contributed by atoms with Crippen LogP contribution in [0.2, 0.25) is 0 Å². The van der Waals surface area contributed by atoms with Crippen LogP contribution in [0.5, 0.6) is 0 Å². The molecule has 1 rings (SSSR count). The summed E-state index contributed by atoms with van der Waals surface area (Å²) in [5.41, 5.74) is 1.73. The van der Waals surface area contributed by atoms with Crippen LogP contribution in [0.3, 0.4) is 0 Å². The summed E-state index contributed by atoms with van der Waals surface area (Å²) in [7, 11) is 1.84. The zero-order valence-electron chi connectivity index (χ0n) is 11.3. The fourth-order valence-corrected chi connectivity index (χ4v) is 1.89. The molecule has 0 aliphatic heterocycles. The molecule has 5 nitrogen and oxygen atoms in total. The molecule has 1 aromatic rings. The van der Waals surface area contributed by atoms with E-state index in [1.807, 2.05) is 43.1 Å². The average Bonchev–Trinajstić information content (AvgIpc) is 2.31. The van der Waals surface area contributed by atoms with Crippen molar-refractivity contribution in [3.05, 3.63) is 35.4 Å². The van der Waals surface area contributed by atoms with Gasteiger partial charge in [-0.2, -0.15) is 0 Å². The van der Waals surface area contributed by atoms with Gasteiger partial charge in [0.1, 0.15) is 0 Å². The molecular formula is C14H20N2O3. The zero-order valence-corrected chi connectivity index (χ0v) is 11.3. The minimum absolute atomic E-state index is 0.00513. The highest BCUT2D eigenvalue weighted by Gasteiger charge is 2.10. The molecule has 0 aromatic heterocycles. The molecule has 0 fully saturated rings. The van der Waals surface area contributed by atoms with Crippen molar-refractivity contribution in [2.24, 2.45) is 0 Å². The fourth-order valence-electron chi connectivity index (χ4n) is 1.89. The number of rotatable bonds is 7. The Labute approximate surface area is 113 Å². The van der Waals surface area contributed by atoms with Crippen molar-refractivity contribution in [3.63, 3.8) is 0 Å². The lowest BCUT2D eigenvalue weighted by atomic mass is 10.0. The van der Waals surface area contributed by atoms with Gasteiger partial charge in [0.05, 0.1) is 13.0 Å². The monoisotopic (exact) mass is 264 g/mol. The Hall–Kier alpha value is -1.88. The maximum atomic E-state index is 11.5. The normalized spacial score (nSPS) is 10.5. The number of hydrogen-bond donors (Lipinski definition) is 2. The van der Waals surface area contributed by atoms with Gasteiger partial charge in [-0.15, -0.1) is 0 Å². The van der Waals surface area contributed by atoms with Crippen LogP contribution in [0, 0.1) is 0 Å². The van der Waals surface area contributed by atoms with Crippen molar-refractivity contribution in [2.45, 2.75) is 19.9 Å². The number of carboxylic acid groups (broad SMARTS) is 1. The Morgan fingerprint density at radius 1 is 1.26 bits per heavy atom. The van der Waals surface area contributed by atoms with Gasteiger partial charge in [0, 0.05) is 13.1 Å². The summed E-state index contributed by atoms with van der Waals surface area (Å²) in [6.07, 6.45) is 0.00513. The van der Waals surface area contributed by atoms with E-state index >= 15 is 0 Å². The molecule has 19 heavy (non-hydrogen) atoms. The summed E-state index contributed by atoms with van der Waals surface area (Å²) >= 11 is 0. The molecule has 0 aliphatic rings. The van der Waals surface area contributed by atoms with Crippen LogP contribution in [-0.2, 0) is 22.6 Å². The first-order valence-electron chi connectivity index (χ1n) is 6.26. The quantitative estimate of drug-likeness (QED) is 0.767. The first-order chi connectivity index (χ1) is 9.02. The second-order valence-electron chi connectivity index (χ2n) is 4.47. The van der Waals surface area contributed by atoms with Crippen molar-refractivity contribution in [3.8, 4) is 0 Å². The lowest BCUT2D eigenvalue weighted by Gasteiger charge is -2.17. The second-order valence-corrected chi connectivity index (χ2v) is 4.47. The molecule has 0 saturated carbocycles. The van der Waals surface area contributed by atoms with Crippen molar-refractivity contribution in [2.75, 3.05) is 20.1 Å². The van der Waals surface area contributed by atoms with Crippen LogP contribution in [0.1, 0.15) is 18.1 Å². The van der Waals surface area contributed by atoms with Crippen molar-refractivity contribution in [1.29, 1.82) is 0 Å². The molecule has 0 radical (unpaired) electrons. The number of carbonyl (C=O) groups excluding carboxylic acids is 1. The molecule has 5 heteroatoms. The molecule has 0 saturated heterocycles. The highest BCUT2D eigenvalue weighted by atomic mass is 16.4. The summed E-state index contributed by atoms with van der Waals surface area (Å²) in [6.45, 7) is 3.35. The van der Waals surface area contributed by atoms with E-state index in [2.05, 4.69) is 5.32 Å². The lowest BCUT2D eigenvalue weighted by molar-refractivity contribution is -0.136. The molecule has 1 aromatic carbocycles. The lowest BCUT2D eigenvalue weighted by Crippen LogP contribution is -2.34. The van der Waals surface area contributed by atoms with Gasteiger partial charge in [-0.05, 0) is 25.1 Å². The standard InChI is InChI=1S/C14H20N2O3/c1-3-15-13(17)10-16(2)9-12-7-5-4-6-11(12)8-14(18)19/h4-7H,3,8-10H2,1-2H3,(H,15,17)(H,18,19). The van der Waals surface area contributed by atoms with Crippen molar-refractivity contribution >= 4 is 11.9 Å². The van der Waals surface area contributed by atoms with Crippen molar-refractivity contribution in [1.82, 2.24) is 10.2 Å². The van der Waals surface area contributed by atoms with E-state index < -0.39 is 5.97 Å². The van der Waals surface area contributed by atoms with Crippen molar-refractivity contribution < 1.29 is 14.7 Å². The van der Waals surface area contributed by atoms with Crippen LogP contribution >= 0.6 is 0 Å². The molecular weight excluding hydrogens is 244 g/mol. The van der Waals surface area contributed by atoms with Gasteiger partial charge in [-0.3, -0.25) is 14.5 Å². The summed E-state index contributed by atoms with van der Waals surface area (Å²) in [5.74, 6) is -0.875. The zero-order chi connectivity index (χ0) is 14.3. The Morgan fingerprint density at radius 2 is 1.89 bits per heavy atom. The maximum Gasteiger partial charge on any atom is 0.307 e. The number of likely N-dealkylation sites (N-methyl/N-ethyl adjacent to an activating group) is 2. The predicted molar refractivity (Wildman–Crippen MR) is 72.8 cm³/mol. The van der Waals surface area contributed by atoms with Crippen LogP contribution in [0.4, 0.5) is 0 Å². The van der Waals surface area contributed by atoms with Crippen LogP contribution < -0.4 is 5.32 Å². The van der Waals surface area contributed by atoms with E-state index in [-0.39, 0.29) is 12.3 Å². The summed E-state index contributed by atoms with van der Waals surface area (Å²) in [6, 6.07) is 7.40. The number of nitrogens with one attached hydrogen (secondary N) is 1. The number of benzene rings is 1. The number of amides is 1. The fraction of sp³-hybridized carbons (Fsp3) is 0.429. The van der Waals surface area contributed by atoms with E-state index in [9.17, 15) is 9.59 Å². The van der Waals surface area contributed by atoms with Crippen LogP contribution in [0.15, 0.2) is 24.3 Å². The third-order valence-corrected chi connectivity index (χ3v) is 2.69. The van der Waals surface area contributed by atoms with Gasteiger partial charge in [-0.1, -0.05) is 24.3 Å². The van der Waals surface area contributed by atoms with Gasteiger partial charge in [0.15, 0.2) is 0 Å². The van der Waals surface area contributed by atoms with Gasteiger partial charge >= 0.3 is 5.97 Å². The number of aliphatic carboxylic acids is 1. The van der Waals surface area contributed by atoms with E-state index in [4.69, 9.17) is 5.11 Å². The SMILES string of the molecule is CCNC(=O)CN(C)Cc1ccccc1CC(=O)O. The molecule has 0 unspecified atom stereocenters. The summed E-state index contributed by atoms with van der Waals surface area (Å²) in [4.78, 5) is 24.1. The summed E-state index contributed by atoms with van der Waals surface area (Å²) in [5, 5.41) is 11.6. The number of carboxylic acids is 1. The van der Waals surface area contributed by atoms with Crippen LogP contribution in [0.25, 0.3) is 0 Å². The minimum Gasteiger partial charge on any atom is -0.481 e. The molecule has 1 amide bonds. The largest absolute Gasteiger partial charge is 0.481 e. The number of carbonyl (C=O) groups is 2. The first-order valence-corrected chi connectivity index (χ1v) is 6.26. The van der Waals surface area contributed by atoms with E-state index in [0.29, 0.717) is 19.6 Å². The molecule has 104 valence electrons. The van der Waals surface area contributed by atoms with E-state index in [1.165, 1.54) is 0 Å². The highest BCUT2D eigenvalue weighted by Crippen LogP contribution is 2.11.